The highest BCUT2D eigenvalue weighted by Crippen LogP contribution is 2.24. The van der Waals surface area contributed by atoms with Crippen molar-refractivity contribution in [1.29, 1.82) is 0 Å². The van der Waals surface area contributed by atoms with Crippen LogP contribution in [-0.4, -0.2) is 51.6 Å². The zero-order valence-electron chi connectivity index (χ0n) is 17.5. The SMILES string of the molecule is Cc1cc(NC(=O)Cn2c(CN3CCOCC3)nc3ccccc32)c2ncccc2c1. The molecule has 0 aliphatic carbocycles. The number of imidazole rings is 1. The van der Waals surface area contributed by atoms with Gasteiger partial charge in [0.1, 0.15) is 12.4 Å². The monoisotopic (exact) mass is 415 g/mol. The Morgan fingerprint density at radius 2 is 1.97 bits per heavy atom. The van der Waals surface area contributed by atoms with Gasteiger partial charge in [0.05, 0.1) is 42.0 Å². The number of pyridine rings is 1. The fourth-order valence-corrected chi connectivity index (χ4v) is 4.15. The molecule has 0 unspecified atom stereocenters. The van der Waals surface area contributed by atoms with E-state index >= 15 is 0 Å². The first-order chi connectivity index (χ1) is 15.2. The number of rotatable bonds is 5. The molecule has 4 aromatic rings. The molecule has 31 heavy (non-hydrogen) atoms. The lowest BCUT2D eigenvalue weighted by Gasteiger charge is -2.26. The predicted octanol–water partition coefficient (Wildman–Crippen LogP) is 3.36. The number of aromatic nitrogens is 3. The molecule has 3 heterocycles. The van der Waals surface area contributed by atoms with Crippen LogP contribution in [0.4, 0.5) is 5.69 Å². The van der Waals surface area contributed by atoms with Crippen LogP contribution in [0.15, 0.2) is 54.7 Å². The van der Waals surface area contributed by atoms with Crippen molar-refractivity contribution in [3.05, 3.63) is 66.1 Å². The first-order valence-corrected chi connectivity index (χ1v) is 10.6. The number of morpholine rings is 1. The van der Waals surface area contributed by atoms with E-state index in [-0.39, 0.29) is 12.5 Å². The highest BCUT2D eigenvalue weighted by atomic mass is 16.5. The van der Waals surface area contributed by atoms with Crippen LogP contribution in [0.1, 0.15) is 11.4 Å². The Kier molecular flexibility index (Phi) is 5.36. The summed E-state index contributed by atoms with van der Waals surface area (Å²) in [6, 6.07) is 15.9. The summed E-state index contributed by atoms with van der Waals surface area (Å²) in [6.45, 7) is 6.11. The highest BCUT2D eigenvalue weighted by Gasteiger charge is 2.18. The fourth-order valence-electron chi connectivity index (χ4n) is 4.15. The minimum atomic E-state index is -0.0936. The zero-order valence-corrected chi connectivity index (χ0v) is 17.5. The van der Waals surface area contributed by atoms with Crippen molar-refractivity contribution in [2.75, 3.05) is 31.6 Å². The Bertz CT molecular complexity index is 1240. The summed E-state index contributed by atoms with van der Waals surface area (Å²) < 4.78 is 7.48. The summed E-state index contributed by atoms with van der Waals surface area (Å²) in [5, 5.41) is 4.09. The first kappa shape index (κ1) is 19.7. The third kappa shape index (κ3) is 4.15. The number of carbonyl (C=O) groups is 1. The van der Waals surface area contributed by atoms with Crippen LogP contribution in [0.25, 0.3) is 21.9 Å². The second-order valence-electron chi connectivity index (χ2n) is 7.93. The van der Waals surface area contributed by atoms with Gasteiger partial charge in [0.2, 0.25) is 5.91 Å². The number of hydrogen-bond acceptors (Lipinski definition) is 5. The van der Waals surface area contributed by atoms with E-state index in [1.54, 1.807) is 6.20 Å². The van der Waals surface area contributed by atoms with Gasteiger partial charge in [-0.05, 0) is 42.8 Å². The number of carbonyl (C=O) groups excluding carboxylic acids is 1. The molecule has 1 N–H and O–H groups in total. The predicted molar refractivity (Wildman–Crippen MR) is 121 cm³/mol. The number of fused-ring (bicyclic) bond motifs is 2. The van der Waals surface area contributed by atoms with E-state index < -0.39 is 0 Å². The summed E-state index contributed by atoms with van der Waals surface area (Å²) in [5.41, 5.74) is 4.48. The number of para-hydroxylation sites is 2. The molecule has 158 valence electrons. The Labute approximate surface area is 180 Å². The molecule has 0 spiro atoms. The van der Waals surface area contributed by atoms with Crippen LogP contribution in [0, 0.1) is 6.92 Å². The van der Waals surface area contributed by atoms with Gasteiger partial charge < -0.3 is 14.6 Å². The molecule has 7 nitrogen and oxygen atoms in total. The number of amides is 1. The molecule has 5 rings (SSSR count). The minimum Gasteiger partial charge on any atom is -0.379 e. The molecule has 0 atom stereocenters. The summed E-state index contributed by atoms with van der Waals surface area (Å²) >= 11 is 0. The third-order valence-corrected chi connectivity index (χ3v) is 5.63. The molecule has 1 aliphatic rings. The molecule has 1 aliphatic heterocycles. The number of nitrogens with zero attached hydrogens (tertiary/aromatic N) is 4. The normalized spacial score (nSPS) is 14.9. The average molecular weight is 415 g/mol. The van der Waals surface area contributed by atoms with Crippen molar-refractivity contribution in [3.8, 4) is 0 Å². The average Bonchev–Trinajstić information content (AvgIpc) is 3.11. The fraction of sp³-hybridized carbons (Fsp3) is 0.292. The Balaban J connectivity index is 1.43. The van der Waals surface area contributed by atoms with Crippen LogP contribution in [0.5, 0.6) is 0 Å². The van der Waals surface area contributed by atoms with E-state index in [2.05, 4.69) is 21.3 Å². The van der Waals surface area contributed by atoms with E-state index in [1.165, 1.54) is 0 Å². The van der Waals surface area contributed by atoms with Gasteiger partial charge >= 0.3 is 0 Å². The minimum absolute atomic E-state index is 0.0936. The van der Waals surface area contributed by atoms with Crippen molar-refractivity contribution < 1.29 is 9.53 Å². The largest absolute Gasteiger partial charge is 0.379 e. The number of nitrogens with one attached hydrogen (secondary N) is 1. The second-order valence-corrected chi connectivity index (χ2v) is 7.93. The van der Waals surface area contributed by atoms with Crippen LogP contribution >= 0.6 is 0 Å². The van der Waals surface area contributed by atoms with Crippen molar-refractivity contribution >= 4 is 33.5 Å². The van der Waals surface area contributed by atoms with E-state index in [4.69, 9.17) is 9.72 Å². The second kappa shape index (κ2) is 8.45. The number of benzene rings is 2. The maximum absolute atomic E-state index is 13.1. The number of ether oxygens (including phenoxy) is 1. The first-order valence-electron chi connectivity index (χ1n) is 10.6. The lowest BCUT2D eigenvalue weighted by atomic mass is 10.1. The summed E-state index contributed by atoms with van der Waals surface area (Å²) in [7, 11) is 0. The Morgan fingerprint density at radius 1 is 1.13 bits per heavy atom. The van der Waals surface area contributed by atoms with Gasteiger partial charge in [-0.2, -0.15) is 0 Å². The molecule has 2 aromatic carbocycles. The van der Waals surface area contributed by atoms with Crippen molar-refractivity contribution in [1.82, 2.24) is 19.4 Å². The molecular weight excluding hydrogens is 390 g/mol. The molecule has 0 saturated carbocycles. The molecule has 1 fully saturated rings. The lowest BCUT2D eigenvalue weighted by molar-refractivity contribution is -0.116. The summed E-state index contributed by atoms with van der Waals surface area (Å²) in [6.07, 6.45) is 1.75. The maximum atomic E-state index is 13.1. The standard InChI is InChI=1S/C24H25N5O2/c1-17-13-18-5-4-8-25-24(18)20(14-17)27-23(30)16-29-21-7-3-2-6-19(21)26-22(29)15-28-9-11-31-12-10-28/h2-8,13-14H,9-12,15-16H2,1H3,(H,27,30). The van der Waals surface area contributed by atoms with E-state index in [0.29, 0.717) is 6.54 Å². The smallest absolute Gasteiger partial charge is 0.244 e. The van der Waals surface area contributed by atoms with Gasteiger partial charge in [-0.25, -0.2) is 4.98 Å². The molecule has 0 radical (unpaired) electrons. The summed E-state index contributed by atoms with van der Waals surface area (Å²) in [4.78, 5) is 24.7. The van der Waals surface area contributed by atoms with Crippen molar-refractivity contribution in [3.63, 3.8) is 0 Å². The van der Waals surface area contributed by atoms with Gasteiger partial charge in [-0.3, -0.25) is 14.7 Å². The number of hydrogen-bond donors (Lipinski definition) is 1. The van der Waals surface area contributed by atoms with Crippen molar-refractivity contribution in [2.24, 2.45) is 0 Å². The van der Waals surface area contributed by atoms with Crippen molar-refractivity contribution in [2.45, 2.75) is 20.0 Å². The van der Waals surface area contributed by atoms with Gasteiger partial charge in [0.25, 0.3) is 0 Å². The van der Waals surface area contributed by atoms with E-state index in [9.17, 15) is 4.79 Å². The zero-order chi connectivity index (χ0) is 21.2. The number of anilines is 1. The molecule has 7 heteroatoms. The van der Waals surface area contributed by atoms with Gasteiger partial charge in [0, 0.05) is 24.7 Å². The number of aryl methyl sites for hydroxylation is 1. The lowest BCUT2D eigenvalue weighted by Crippen LogP contribution is -2.36. The summed E-state index contributed by atoms with van der Waals surface area (Å²) in [5.74, 6) is 0.800. The van der Waals surface area contributed by atoms with Gasteiger partial charge in [-0.1, -0.05) is 18.2 Å². The molecule has 1 saturated heterocycles. The van der Waals surface area contributed by atoms with Gasteiger partial charge in [0.15, 0.2) is 0 Å². The molecular formula is C24H25N5O2. The third-order valence-electron chi connectivity index (χ3n) is 5.63. The van der Waals surface area contributed by atoms with E-state index in [0.717, 1.165) is 65.3 Å². The molecule has 0 bridgehead atoms. The topological polar surface area (TPSA) is 72.3 Å². The Morgan fingerprint density at radius 3 is 2.84 bits per heavy atom. The van der Waals surface area contributed by atoms with Crippen LogP contribution in [0.3, 0.4) is 0 Å². The highest BCUT2D eigenvalue weighted by molar-refractivity contribution is 6.00. The van der Waals surface area contributed by atoms with Crippen LogP contribution < -0.4 is 5.32 Å². The molecule has 2 aromatic heterocycles. The van der Waals surface area contributed by atoms with Crippen LogP contribution in [-0.2, 0) is 22.6 Å². The van der Waals surface area contributed by atoms with Gasteiger partial charge in [-0.15, -0.1) is 0 Å². The van der Waals surface area contributed by atoms with E-state index in [1.807, 2.05) is 54.0 Å². The Hall–Kier alpha value is -3.29. The quantitative estimate of drug-likeness (QED) is 0.541. The molecule has 1 amide bonds. The maximum Gasteiger partial charge on any atom is 0.244 e. The van der Waals surface area contributed by atoms with Crippen LogP contribution in [0.2, 0.25) is 0 Å².